The zero-order valence-corrected chi connectivity index (χ0v) is 11.7. The van der Waals surface area contributed by atoms with Crippen LogP contribution in [0.1, 0.15) is 11.6 Å². The molecule has 0 aliphatic rings. The zero-order valence-electron chi connectivity index (χ0n) is 10.9. The number of nitrogens with two attached hydrogens (primary N) is 1. The van der Waals surface area contributed by atoms with Crippen LogP contribution in [0.2, 0.25) is 0 Å². The lowest BCUT2D eigenvalue weighted by Crippen LogP contribution is -2.11. The Balaban J connectivity index is 2.28. The van der Waals surface area contributed by atoms with E-state index in [-0.39, 0.29) is 0 Å². The minimum absolute atomic E-state index is 0.320. The molecule has 2 rings (SSSR count). The maximum absolute atomic E-state index is 5.39. The SMILES string of the molecule is COCc1nc(NN)cc(Sc2nnc(C)n2C)n1. The molecule has 0 atom stereocenters. The Bertz CT molecular complexity index is 571. The largest absolute Gasteiger partial charge is 0.377 e. The number of methoxy groups -OCH3 is 1. The van der Waals surface area contributed by atoms with Crippen molar-refractivity contribution >= 4 is 17.6 Å². The van der Waals surface area contributed by atoms with Crippen molar-refractivity contribution in [3.8, 4) is 0 Å². The lowest BCUT2D eigenvalue weighted by molar-refractivity contribution is 0.177. The third-order valence-corrected chi connectivity index (χ3v) is 3.38. The van der Waals surface area contributed by atoms with Crippen LogP contribution in [-0.2, 0) is 18.4 Å². The summed E-state index contributed by atoms with van der Waals surface area (Å²) < 4.78 is 6.91. The first-order valence-corrected chi connectivity index (χ1v) is 6.33. The molecule has 0 bridgehead atoms. The summed E-state index contributed by atoms with van der Waals surface area (Å²) >= 11 is 1.39. The van der Waals surface area contributed by atoms with Crippen LogP contribution in [0.3, 0.4) is 0 Å². The number of nitrogens with zero attached hydrogens (tertiary/aromatic N) is 5. The molecule has 9 heteroatoms. The van der Waals surface area contributed by atoms with E-state index < -0.39 is 0 Å². The predicted molar refractivity (Wildman–Crippen MR) is 70.4 cm³/mol. The van der Waals surface area contributed by atoms with Gasteiger partial charge in [0.05, 0.1) is 0 Å². The lowest BCUT2D eigenvalue weighted by atomic mass is 10.5. The summed E-state index contributed by atoms with van der Waals surface area (Å²) in [5.41, 5.74) is 2.51. The molecule has 19 heavy (non-hydrogen) atoms. The number of aromatic nitrogens is 5. The molecule has 0 amide bonds. The summed E-state index contributed by atoms with van der Waals surface area (Å²) in [6.45, 7) is 2.21. The maximum Gasteiger partial charge on any atom is 0.197 e. The van der Waals surface area contributed by atoms with E-state index in [0.29, 0.717) is 18.2 Å². The van der Waals surface area contributed by atoms with Gasteiger partial charge in [0, 0.05) is 20.2 Å². The van der Waals surface area contributed by atoms with E-state index in [1.807, 2.05) is 18.5 Å². The summed E-state index contributed by atoms with van der Waals surface area (Å²) in [4.78, 5) is 8.55. The van der Waals surface area contributed by atoms with Crippen LogP contribution in [0.5, 0.6) is 0 Å². The molecule has 0 fully saturated rings. The first-order valence-electron chi connectivity index (χ1n) is 5.51. The average Bonchev–Trinajstić information content (AvgIpc) is 2.71. The second-order valence-corrected chi connectivity index (χ2v) is 4.76. The molecule has 2 heterocycles. The van der Waals surface area contributed by atoms with Crippen molar-refractivity contribution in [2.45, 2.75) is 23.7 Å². The van der Waals surface area contributed by atoms with E-state index in [9.17, 15) is 0 Å². The fraction of sp³-hybridized carbons (Fsp3) is 0.400. The van der Waals surface area contributed by atoms with E-state index in [1.165, 1.54) is 11.8 Å². The third-order valence-electron chi connectivity index (χ3n) is 2.42. The standard InChI is InChI=1S/C10H15N7OS/c1-6-15-16-10(17(6)2)19-9-4-7(14-11)12-8(13-9)5-18-3/h4H,5,11H2,1-3H3,(H,12,13,14). The van der Waals surface area contributed by atoms with E-state index in [0.717, 1.165) is 16.0 Å². The van der Waals surface area contributed by atoms with Gasteiger partial charge in [-0.25, -0.2) is 15.8 Å². The van der Waals surface area contributed by atoms with Crippen molar-refractivity contribution in [3.05, 3.63) is 17.7 Å². The minimum Gasteiger partial charge on any atom is -0.377 e. The Labute approximate surface area is 114 Å². The Morgan fingerprint density at radius 2 is 2.21 bits per heavy atom. The smallest absolute Gasteiger partial charge is 0.197 e. The summed E-state index contributed by atoms with van der Waals surface area (Å²) in [6.07, 6.45) is 0. The predicted octanol–water partition coefficient (Wildman–Crippen LogP) is 0.497. The third kappa shape index (κ3) is 3.19. The van der Waals surface area contributed by atoms with Gasteiger partial charge in [0.15, 0.2) is 11.0 Å². The normalized spacial score (nSPS) is 10.7. The van der Waals surface area contributed by atoms with Crippen LogP contribution in [0.4, 0.5) is 5.82 Å². The van der Waals surface area contributed by atoms with Gasteiger partial charge >= 0.3 is 0 Å². The lowest BCUT2D eigenvalue weighted by Gasteiger charge is -2.06. The van der Waals surface area contributed by atoms with Crippen LogP contribution in [0.25, 0.3) is 0 Å². The molecule has 0 aliphatic carbocycles. The molecule has 2 aromatic rings. The molecule has 8 nitrogen and oxygen atoms in total. The second kappa shape index (κ2) is 5.95. The van der Waals surface area contributed by atoms with E-state index in [2.05, 4.69) is 25.6 Å². The van der Waals surface area contributed by atoms with Crippen molar-refractivity contribution < 1.29 is 4.74 Å². The molecule has 102 valence electrons. The molecule has 0 spiro atoms. The highest BCUT2D eigenvalue weighted by Crippen LogP contribution is 2.25. The van der Waals surface area contributed by atoms with Crippen molar-refractivity contribution in [2.24, 2.45) is 12.9 Å². The van der Waals surface area contributed by atoms with Gasteiger partial charge in [-0.05, 0) is 18.7 Å². The van der Waals surface area contributed by atoms with Gasteiger partial charge in [0.2, 0.25) is 0 Å². The molecule has 0 aromatic carbocycles. The molecular weight excluding hydrogens is 266 g/mol. The van der Waals surface area contributed by atoms with Crippen LogP contribution in [0, 0.1) is 6.92 Å². The molecule has 0 saturated heterocycles. The van der Waals surface area contributed by atoms with Gasteiger partial charge in [-0.2, -0.15) is 0 Å². The number of hydrogen-bond acceptors (Lipinski definition) is 8. The van der Waals surface area contributed by atoms with E-state index >= 15 is 0 Å². The van der Waals surface area contributed by atoms with Crippen molar-refractivity contribution in [1.29, 1.82) is 0 Å². The summed E-state index contributed by atoms with van der Waals surface area (Å²) in [7, 11) is 3.49. The molecule has 2 aromatic heterocycles. The van der Waals surface area contributed by atoms with E-state index in [1.54, 1.807) is 13.2 Å². The van der Waals surface area contributed by atoms with Gasteiger partial charge in [0.1, 0.15) is 23.3 Å². The van der Waals surface area contributed by atoms with Gasteiger partial charge in [0.25, 0.3) is 0 Å². The summed E-state index contributed by atoms with van der Waals surface area (Å²) in [5.74, 6) is 7.31. The molecule has 0 aliphatic heterocycles. The minimum atomic E-state index is 0.320. The highest BCUT2D eigenvalue weighted by Gasteiger charge is 2.10. The number of hydrogen-bond donors (Lipinski definition) is 2. The highest BCUT2D eigenvalue weighted by molar-refractivity contribution is 7.99. The van der Waals surface area contributed by atoms with Crippen molar-refractivity contribution in [3.63, 3.8) is 0 Å². The Kier molecular flexibility index (Phi) is 4.30. The molecule has 3 N–H and O–H groups in total. The fourth-order valence-electron chi connectivity index (χ4n) is 1.36. The van der Waals surface area contributed by atoms with Crippen LogP contribution < -0.4 is 11.3 Å². The number of nitrogens with one attached hydrogen (secondary N) is 1. The Hall–Kier alpha value is -1.71. The monoisotopic (exact) mass is 281 g/mol. The summed E-state index contributed by atoms with van der Waals surface area (Å²) in [6, 6.07) is 1.74. The van der Waals surface area contributed by atoms with Crippen LogP contribution >= 0.6 is 11.8 Å². The number of aryl methyl sites for hydroxylation is 1. The topological polar surface area (TPSA) is 104 Å². The van der Waals surface area contributed by atoms with Crippen LogP contribution in [0.15, 0.2) is 16.2 Å². The van der Waals surface area contributed by atoms with Crippen molar-refractivity contribution in [1.82, 2.24) is 24.7 Å². The summed E-state index contributed by atoms with van der Waals surface area (Å²) in [5, 5.41) is 9.55. The molecule has 0 unspecified atom stereocenters. The number of ether oxygens (including phenoxy) is 1. The van der Waals surface area contributed by atoms with Gasteiger partial charge in [-0.1, -0.05) is 0 Å². The first-order chi connectivity index (χ1) is 9.13. The number of rotatable bonds is 5. The quantitative estimate of drug-likeness (QED) is 0.464. The molecular formula is C10H15N7OS. The number of hydrazine groups is 1. The van der Waals surface area contributed by atoms with E-state index in [4.69, 9.17) is 10.6 Å². The number of anilines is 1. The Morgan fingerprint density at radius 3 is 2.79 bits per heavy atom. The van der Waals surface area contributed by atoms with Gasteiger partial charge in [-0.15, -0.1) is 10.2 Å². The van der Waals surface area contributed by atoms with Crippen molar-refractivity contribution in [2.75, 3.05) is 12.5 Å². The molecule has 0 saturated carbocycles. The van der Waals surface area contributed by atoms with Gasteiger partial charge in [-0.3, -0.25) is 0 Å². The maximum atomic E-state index is 5.39. The zero-order chi connectivity index (χ0) is 13.8. The molecule has 0 radical (unpaired) electrons. The number of nitrogen functional groups attached to an aromatic ring is 1. The second-order valence-electron chi connectivity index (χ2n) is 3.78. The van der Waals surface area contributed by atoms with Gasteiger partial charge < -0.3 is 14.7 Å². The fourth-order valence-corrected chi connectivity index (χ4v) is 2.22. The highest BCUT2D eigenvalue weighted by atomic mass is 32.2. The Morgan fingerprint density at radius 1 is 1.42 bits per heavy atom. The van der Waals surface area contributed by atoms with Crippen LogP contribution in [-0.4, -0.2) is 31.8 Å². The average molecular weight is 281 g/mol. The first kappa shape index (κ1) is 13.7.